The van der Waals surface area contributed by atoms with Crippen molar-refractivity contribution in [2.24, 2.45) is 0 Å². The third kappa shape index (κ3) is 2.92. The Labute approximate surface area is 95.0 Å². The summed E-state index contributed by atoms with van der Waals surface area (Å²) in [6.07, 6.45) is -2.00. The van der Waals surface area contributed by atoms with Gasteiger partial charge in [-0.25, -0.2) is 9.18 Å². The number of aliphatic carboxylic acids is 1. The molecule has 5 heteroatoms. The van der Waals surface area contributed by atoms with Crippen LogP contribution in [0.4, 0.5) is 4.39 Å². The van der Waals surface area contributed by atoms with Crippen LogP contribution < -0.4 is 4.74 Å². The molecule has 3 nitrogen and oxygen atoms in total. The van der Waals surface area contributed by atoms with Gasteiger partial charge in [-0.2, -0.15) is 0 Å². The van der Waals surface area contributed by atoms with Crippen LogP contribution in [0.2, 0.25) is 0 Å². The first-order valence-electron chi connectivity index (χ1n) is 4.35. The van der Waals surface area contributed by atoms with Crippen LogP contribution in [0.1, 0.15) is 18.7 Å². The number of ether oxygens (including phenoxy) is 1. The molecule has 0 aliphatic rings. The number of rotatable bonds is 4. The first-order chi connectivity index (χ1) is 7.06. The summed E-state index contributed by atoms with van der Waals surface area (Å²) in [6, 6.07) is 4.34. The molecule has 0 radical (unpaired) electrons. The molecule has 0 bridgehead atoms. The first-order valence-corrected chi connectivity index (χ1v) is 5.14. The highest BCUT2D eigenvalue weighted by molar-refractivity contribution is 9.10. The molecule has 0 saturated carbocycles. The fourth-order valence-corrected chi connectivity index (χ4v) is 1.60. The summed E-state index contributed by atoms with van der Waals surface area (Å²) in [5.41, 5.74) is 0.0952. The van der Waals surface area contributed by atoms with E-state index in [0.717, 1.165) is 0 Å². The van der Waals surface area contributed by atoms with E-state index in [9.17, 15) is 9.18 Å². The first kappa shape index (κ1) is 12.0. The van der Waals surface area contributed by atoms with Gasteiger partial charge in [-0.1, -0.05) is 6.07 Å². The summed E-state index contributed by atoms with van der Waals surface area (Å²) in [5, 5.41) is 8.48. The molecule has 82 valence electrons. The Morgan fingerprint density at radius 2 is 2.33 bits per heavy atom. The number of hydrogen-bond acceptors (Lipinski definition) is 2. The van der Waals surface area contributed by atoms with Crippen molar-refractivity contribution < 1.29 is 19.0 Å². The zero-order valence-electron chi connectivity index (χ0n) is 8.04. The average Bonchev–Trinajstić information content (AvgIpc) is 2.20. The second-order valence-corrected chi connectivity index (χ2v) is 3.68. The Morgan fingerprint density at radius 3 is 2.80 bits per heavy atom. The van der Waals surface area contributed by atoms with E-state index in [1.165, 1.54) is 12.1 Å². The largest absolute Gasteiger partial charge is 0.493 e. The smallest absolute Gasteiger partial charge is 0.343 e. The lowest BCUT2D eigenvalue weighted by Gasteiger charge is -2.08. The van der Waals surface area contributed by atoms with Gasteiger partial charge < -0.3 is 9.84 Å². The maximum atomic E-state index is 13.1. The molecule has 0 saturated heterocycles. The molecule has 1 atom stereocenters. The number of halogens is 2. The highest BCUT2D eigenvalue weighted by Crippen LogP contribution is 2.29. The SMILES string of the molecule is CCOc1ccc(C(F)C(=O)O)cc1Br. The molecule has 1 aromatic rings. The minimum atomic E-state index is -2.00. The molecule has 0 aromatic heterocycles. The van der Waals surface area contributed by atoms with Crippen molar-refractivity contribution in [3.8, 4) is 5.75 Å². The van der Waals surface area contributed by atoms with Gasteiger partial charge in [-0.05, 0) is 40.5 Å². The molecule has 0 spiro atoms. The van der Waals surface area contributed by atoms with Crippen LogP contribution >= 0.6 is 15.9 Å². The van der Waals surface area contributed by atoms with Gasteiger partial charge in [0.25, 0.3) is 0 Å². The van der Waals surface area contributed by atoms with Crippen molar-refractivity contribution in [1.82, 2.24) is 0 Å². The quantitative estimate of drug-likeness (QED) is 0.920. The predicted octanol–water partition coefficient (Wildman–Crippen LogP) is 2.94. The van der Waals surface area contributed by atoms with Crippen molar-refractivity contribution >= 4 is 21.9 Å². The highest BCUT2D eigenvalue weighted by atomic mass is 79.9. The van der Waals surface area contributed by atoms with Gasteiger partial charge >= 0.3 is 5.97 Å². The summed E-state index contributed by atoms with van der Waals surface area (Å²) in [7, 11) is 0. The number of carboxylic acid groups (broad SMARTS) is 1. The summed E-state index contributed by atoms with van der Waals surface area (Å²) in [4.78, 5) is 10.4. The van der Waals surface area contributed by atoms with E-state index in [2.05, 4.69) is 15.9 Å². The number of hydrogen-bond donors (Lipinski definition) is 1. The maximum Gasteiger partial charge on any atom is 0.343 e. The van der Waals surface area contributed by atoms with Crippen molar-refractivity contribution in [2.45, 2.75) is 13.1 Å². The Kier molecular flexibility index (Phi) is 4.08. The van der Waals surface area contributed by atoms with Gasteiger partial charge in [-0.15, -0.1) is 0 Å². The predicted molar refractivity (Wildman–Crippen MR) is 56.8 cm³/mol. The molecule has 1 aromatic carbocycles. The standard InChI is InChI=1S/C10H10BrFO3/c1-2-15-8-4-3-6(5-7(8)11)9(12)10(13)14/h3-5,9H,2H2,1H3,(H,13,14). The Morgan fingerprint density at radius 1 is 1.67 bits per heavy atom. The number of benzene rings is 1. The minimum Gasteiger partial charge on any atom is -0.493 e. The van der Waals surface area contributed by atoms with Crippen molar-refractivity contribution in [3.05, 3.63) is 28.2 Å². The van der Waals surface area contributed by atoms with Crippen LogP contribution in [0.15, 0.2) is 22.7 Å². The van der Waals surface area contributed by atoms with Crippen LogP contribution in [0.25, 0.3) is 0 Å². The lowest BCUT2D eigenvalue weighted by molar-refractivity contribution is -0.143. The normalized spacial score (nSPS) is 12.2. The minimum absolute atomic E-state index is 0.0952. The second-order valence-electron chi connectivity index (χ2n) is 2.82. The molecule has 1 unspecified atom stereocenters. The van der Waals surface area contributed by atoms with E-state index in [-0.39, 0.29) is 5.56 Å². The summed E-state index contributed by atoms with van der Waals surface area (Å²) >= 11 is 3.18. The van der Waals surface area contributed by atoms with E-state index in [4.69, 9.17) is 9.84 Å². The molecule has 0 heterocycles. The molecule has 0 aliphatic carbocycles. The molecule has 15 heavy (non-hydrogen) atoms. The zero-order chi connectivity index (χ0) is 11.4. The molecular weight excluding hydrogens is 267 g/mol. The molecule has 0 aliphatic heterocycles. The Hall–Kier alpha value is -1.10. The van der Waals surface area contributed by atoms with E-state index in [1.807, 2.05) is 6.92 Å². The highest BCUT2D eigenvalue weighted by Gasteiger charge is 2.19. The second kappa shape index (κ2) is 5.11. The molecule has 1 rings (SSSR count). The van der Waals surface area contributed by atoms with E-state index < -0.39 is 12.1 Å². The van der Waals surface area contributed by atoms with Crippen LogP contribution in [0.3, 0.4) is 0 Å². The van der Waals surface area contributed by atoms with E-state index in [0.29, 0.717) is 16.8 Å². The van der Waals surface area contributed by atoms with Crippen molar-refractivity contribution in [3.63, 3.8) is 0 Å². The Bertz CT molecular complexity index is 368. The Balaban J connectivity index is 2.95. The monoisotopic (exact) mass is 276 g/mol. The third-order valence-electron chi connectivity index (χ3n) is 1.77. The van der Waals surface area contributed by atoms with Gasteiger partial charge in [0.1, 0.15) is 5.75 Å². The number of carbonyl (C=O) groups is 1. The molecule has 1 N–H and O–H groups in total. The van der Waals surface area contributed by atoms with Crippen LogP contribution in [0, 0.1) is 0 Å². The maximum absolute atomic E-state index is 13.1. The lowest BCUT2D eigenvalue weighted by Crippen LogP contribution is -2.06. The van der Waals surface area contributed by atoms with Gasteiger partial charge in [-0.3, -0.25) is 0 Å². The van der Waals surface area contributed by atoms with Gasteiger partial charge in [0.15, 0.2) is 0 Å². The van der Waals surface area contributed by atoms with Gasteiger partial charge in [0.05, 0.1) is 11.1 Å². The molecule has 0 fully saturated rings. The van der Waals surface area contributed by atoms with Crippen LogP contribution in [0.5, 0.6) is 5.75 Å². The average molecular weight is 277 g/mol. The van der Waals surface area contributed by atoms with Gasteiger partial charge in [0.2, 0.25) is 6.17 Å². The fraction of sp³-hybridized carbons (Fsp3) is 0.300. The van der Waals surface area contributed by atoms with Crippen LogP contribution in [-0.4, -0.2) is 17.7 Å². The van der Waals surface area contributed by atoms with E-state index in [1.54, 1.807) is 6.07 Å². The third-order valence-corrected chi connectivity index (χ3v) is 2.38. The summed E-state index contributed by atoms with van der Waals surface area (Å²) in [5.74, 6) is -0.926. The molecular formula is C10H10BrFO3. The number of carboxylic acids is 1. The summed E-state index contributed by atoms with van der Waals surface area (Å²) in [6.45, 7) is 2.32. The van der Waals surface area contributed by atoms with Crippen LogP contribution in [-0.2, 0) is 4.79 Å². The van der Waals surface area contributed by atoms with Gasteiger partial charge in [0, 0.05) is 0 Å². The van der Waals surface area contributed by atoms with E-state index >= 15 is 0 Å². The fourth-order valence-electron chi connectivity index (χ4n) is 1.09. The van der Waals surface area contributed by atoms with Crippen molar-refractivity contribution in [1.29, 1.82) is 0 Å². The van der Waals surface area contributed by atoms with Crippen molar-refractivity contribution in [2.75, 3.05) is 6.61 Å². The summed E-state index contributed by atoms with van der Waals surface area (Å²) < 4.78 is 18.9. The molecule has 0 amide bonds. The number of alkyl halides is 1. The lowest BCUT2D eigenvalue weighted by atomic mass is 10.1. The zero-order valence-corrected chi connectivity index (χ0v) is 9.62. The topological polar surface area (TPSA) is 46.5 Å².